The normalized spacial score (nSPS) is 14.5. The monoisotopic (exact) mass is 399 g/mol. The second kappa shape index (κ2) is 6.33. The average molecular weight is 401 g/mol. The van der Waals surface area contributed by atoms with Gasteiger partial charge in [0.2, 0.25) is 0 Å². The number of hydrogen-bond acceptors (Lipinski definition) is 3. The third-order valence-corrected chi connectivity index (χ3v) is 4.36. The molecule has 20 heavy (non-hydrogen) atoms. The summed E-state index contributed by atoms with van der Waals surface area (Å²) in [5.74, 6) is 1.79. The first-order chi connectivity index (χ1) is 9.72. The van der Waals surface area contributed by atoms with Crippen LogP contribution in [0.4, 0.5) is 0 Å². The van der Waals surface area contributed by atoms with Gasteiger partial charge in [0.25, 0.3) is 0 Å². The first-order valence-electron chi connectivity index (χ1n) is 6.59. The predicted octanol–water partition coefficient (Wildman–Crippen LogP) is 4.64. The van der Waals surface area contributed by atoms with E-state index in [1.54, 1.807) is 6.26 Å². The van der Waals surface area contributed by atoms with Crippen LogP contribution in [0.2, 0.25) is 0 Å². The molecule has 1 aliphatic rings. The molecule has 0 saturated heterocycles. The third-order valence-electron chi connectivity index (χ3n) is 3.24. The Morgan fingerprint density at radius 1 is 1.25 bits per heavy atom. The molecule has 0 spiro atoms. The van der Waals surface area contributed by atoms with E-state index in [4.69, 9.17) is 9.15 Å². The maximum absolute atomic E-state index is 5.84. The molecular formula is C15H15Br2NO2. The van der Waals surface area contributed by atoms with Crippen LogP contribution in [0.3, 0.4) is 0 Å². The number of rotatable bonds is 6. The molecule has 1 aliphatic carbocycles. The van der Waals surface area contributed by atoms with Crippen molar-refractivity contribution in [2.24, 2.45) is 0 Å². The van der Waals surface area contributed by atoms with Gasteiger partial charge in [-0.1, -0.05) is 15.9 Å². The van der Waals surface area contributed by atoms with Gasteiger partial charge in [0, 0.05) is 16.1 Å². The fourth-order valence-electron chi connectivity index (χ4n) is 1.92. The summed E-state index contributed by atoms with van der Waals surface area (Å²) >= 11 is 6.93. The molecule has 1 fully saturated rings. The minimum Gasteiger partial charge on any atom is -0.488 e. The highest BCUT2D eigenvalue weighted by Crippen LogP contribution is 2.29. The molecule has 5 heteroatoms. The van der Waals surface area contributed by atoms with E-state index in [-0.39, 0.29) is 0 Å². The van der Waals surface area contributed by atoms with Crippen LogP contribution in [0.25, 0.3) is 0 Å². The molecule has 0 radical (unpaired) electrons. The highest BCUT2D eigenvalue weighted by atomic mass is 79.9. The summed E-state index contributed by atoms with van der Waals surface area (Å²) in [6.45, 7) is 1.29. The smallest absolute Gasteiger partial charge is 0.134 e. The van der Waals surface area contributed by atoms with Gasteiger partial charge in [-0.2, -0.15) is 0 Å². The van der Waals surface area contributed by atoms with Gasteiger partial charge in [-0.3, -0.25) is 0 Å². The van der Waals surface area contributed by atoms with Gasteiger partial charge < -0.3 is 14.5 Å². The van der Waals surface area contributed by atoms with Crippen molar-refractivity contribution in [2.45, 2.75) is 32.0 Å². The summed E-state index contributed by atoms with van der Waals surface area (Å²) in [5.41, 5.74) is 1.09. The first-order valence-corrected chi connectivity index (χ1v) is 8.17. The summed E-state index contributed by atoms with van der Waals surface area (Å²) in [6.07, 6.45) is 4.27. The topological polar surface area (TPSA) is 34.4 Å². The number of furan rings is 1. The van der Waals surface area contributed by atoms with Gasteiger partial charge in [0.1, 0.15) is 18.1 Å². The molecule has 1 aromatic carbocycles. The fourth-order valence-corrected chi connectivity index (χ4v) is 3.08. The van der Waals surface area contributed by atoms with Crippen LogP contribution in [0, 0.1) is 0 Å². The zero-order chi connectivity index (χ0) is 13.9. The molecule has 0 unspecified atom stereocenters. The second-order valence-electron chi connectivity index (χ2n) is 4.89. The zero-order valence-corrected chi connectivity index (χ0v) is 14.0. The maximum atomic E-state index is 5.84. The van der Waals surface area contributed by atoms with Crippen LogP contribution in [-0.2, 0) is 13.2 Å². The van der Waals surface area contributed by atoms with Crippen LogP contribution in [0.1, 0.15) is 24.2 Å². The molecule has 1 N–H and O–H groups in total. The van der Waals surface area contributed by atoms with Crippen LogP contribution in [0.15, 0.2) is 43.9 Å². The highest BCUT2D eigenvalue weighted by Gasteiger charge is 2.21. The molecule has 0 bridgehead atoms. The van der Waals surface area contributed by atoms with E-state index in [2.05, 4.69) is 37.2 Å². The van der Waals surface area contributed by atoms with Gasteiger partial charge in [0.15, 0.2) is 0 Å². The summed E-state index contributed by atoms with van der Waals surface area (Å²) < 4.78 is 13.3. The van der Waals surface area contributed by atoms with Crippen molar-refractivity contribution < 1.29 is 9.15 Å². The van der Waals surface area contributed by atoms with E-state index >= 15 is 0 Å². The first kappa shape index (κ1) is 14.2. The number of benzene rings is 1. The fraction of sp³-hybridized carbons (Fsp3) is 0.333. The molecule has 0 amide bonds. The lowest BCUT2D eigenvalue weighted by Gasteiger charge is -2.09. The van der Waals surface area contributed by atoms with Crippen molar-refractivity contribution in [1.82, 2.24) is 5.32 Å². The van der Waals surface area contributed by atoms with Gasteiger partial charge in [0.05, 0.1) is 17.3 Å². The third kappa shape index (κ3) is 3.65. The Labute approximate surface area is 135 Å². The van der Waals surface area contributed by atoms with Gasteiger partial charge in [-0.25, -0.2) is 0 Å². The van der Waals surface area contributed by atoms with Crippen molar-refractivity contribution in [1.29, 1.82) is 0 Å². The Kier molecular flexibility index (Phi) is 4.48. The minimum atomic E-state index is 0.512. The molecule has 1 saturated carbocycles. The Bertz CT molecular complexity index is 593. The summed E-state index contributed by atoms with van der Waals surface area (Å²) in [5, 5.41) is 3.45. The van der Waals surface area contributed by atoms with Crippen molar-refractivity contribution in [3.63, 3.8) is 0 Å². The summed E-state index contributed by atoms with van der Waals surface area (Å²) in [4.78, 5) is 0. The lowest BCUT2D eigenvalue weighted by Crippen LogP contribution is -2.16. The van der Waals surface area contributed by atoms with Crippen molar-refractivity contribution in [3.8, 4) is 5.75 Å². The zero-order valence-electron chi connectivity index (χ0n) is 10.9. The Hall–Kier alpha value is -0.780. The highest BCUT2D eigenvalue weighted by molar-refractivity contribution is 9.11. The van der Waals surface area contributed by atoms with E-state index in [0.717, 1.165) is 32.6 Å². The minimum absolute atomic E-state index is 0.512. The van der Waals surface area contributed by atoms with Crippen molar-refractivity contribution >= 4 is 31.9 Å². The molecule has 3 nitrogen and oxygen atoms in total. The van der Waals surface area contributed by atoms with Crippen LogP contribution in [-0.4, -0.2) is 6.04 Å². The molecule has 1 aromatic heterocycles. The van der Waals surface area contributed by atoms with E-state index < -0.39 is 0 Å². The molecule has 1 heterocycles. The van der Waals surface area contributed by atoms with Crippen LogP contribution >= 0.6 is 31.9 Å². The SMILES string of the molecule is Brc1ccc(OCc2ccoc2CNC2CC2)c(Br)c1. The van der Waals surface area contributed by atoms with Crippen LogP contribution < -0.4 is 10.1 Å². The lowest BCUT2D eigenvalue weighted by molar-refractivity contribution is 0.299. The molecule has 0 atom stereocenters. The van der Waals surface area contributed by atoms with Crippen molar-refractivity contribution in [2.75, 3.05) is 0 Å². The van der Waals surface area contributed by atoms with Gasteiger partial charge in [-0.15, -0.1) is 0 Å². The predicted molar refractivity (Wildman–Crippen MR) is 84.7 cm³/mol. The van der Waals surface area contributed by atoms with Crippen LogP contribution in [0.5, 0.6) is 5.75 Å². The van der Waals surface area contributed by atoms with Gasteiger partial charge in [-0.05, 0) is 53.0 Å². The van der Waals surface area contributed by atoms with E-state index in [0.29, 0.717) is 12.6 Å². The van der Waals surface area contributed by atoms with Gasteiger partial charge >= 0.3 is 0 Å². The Balaban J connectivity index is 1.61. The number of halogens is 2. The van der Waals surface area contributed by atoms with E-state index in [1.165, 1.54) is 12.8 Å². The molecule has 2 aromatic rings. The summed E-state index contributed by atoms with van der Waals surface area (Å²) in [6, 6.07) is 8.52. The average Bonchev–Trinajstić information content (AvgIpc) is 3.14. The number of hydrogen-bond donors (Lipinski definition) is 1. The molecule has 3 rings (SSSR count). The Morgan fingerprint density at radius 2 is 2.10 bits per heavy atom. The quantitative estimate of drug-likeness (QED) is 0.767. The standard InChI is InChI=1S/C15H15Br2NO2/c16-11-1-4-14(13(17)7-11)20-9-10-5-6-19-15(10)8-18-12-2-3-12/h1,4-7,12,18H,2-3,8-9H2. The summed E-state index contributed by atoms with van der Waals surface area (Å²) in [7, 11) is 0. The van der Waals surface area contributed by atoms with E-state index in [1.807, 2.05) is 24.3 Å². The molecular weight excluding hydrogens is 386 g/mol. The number of ether oxygens (including phenoxy) is 1. The molecule has 106 valence electrons. The maximum Gasteiger partial charge on any atom is 0.134 e. The lowest BCUT2D eigenvalue weighted by atomic mass is 10.2. The largest absolute Gasteiger partial charge is 0.488 e. The Morgan fingerprint density at radius 3 is 2.85 bits per heavy atom. The molecule has 0 aliphatic heterocycles. The van der Waals surface area contributed by atoms with Crippen molar-refractivity contribution in [3.05, 3.63) is 50.8 Å². The second-order valence-corrected chi connectivity index (χ2v) is 6.66. The van der Waals surface area contributed by atoms with E-state index in [9.17, 15) is 0 Å². The number of nitrogens with one attached hydrogen (secondary N) is 1.